The van der Waals surface area contributed by atoms with Crippen LogP contribution in [-0.4, -0.2) is 48.1 Å². The van der Waals surface area contributed by atoms with E-state index in [0.717, 1.165) is 19.6 Å². The Bertz CT molecular complexity index is 206. The maximum absolute atomic E-state index is 11.8. The highest BCUT2D eigenvalue weighted by Crippen LogP contribution is 2.13. The summed E-state index contributed by atoms with van der Waals surface area (Å²) in [5.41, 5.74) is 5.55. The Hall–Kier alpha value is -0.770. The van der Waals surface area contributed by atoms with E-state index >= 15 is 0 Å². The average Bonchev–Trinajstić information content (AvgIpc) is 2.46. The number of carbonyl (C=O) groups excluding carboxylic acids is 1. The maximum Gasteiger partial charge on any atom is 0.320 e. The van der Waals surface area contributed by atoms with Crippen molar-refractivity contribution < 1.29 is 4.79 Å². The van der Waals surface area contributed by atoms with Gasteiger partial charge >= 0.3 is 6.03 Å². The molecule has 2 N–H and O–H groups in total. The quantitative estimate of drug-likeness (QED) is 0.725. The highest BCUT2D eigenvalue weighted by molar-refractivity contribution is 5.76. The van der Waals surface area contributed by atoms with Gasteiger partial charge in [0.2, 0.25) is 0 Å². The first-order valence-electron chi connectivity index (χ1n) is 5.32. The number of nitrogens with zero attached hydrogens (tertiary/aromatic N) is 2. The Morgan fingerprint density at radius 2 is 2.00 bits per heavy atom. The summed E-state index contributed by atoms with van der Waals surface area (Å²) in [4.78, 5) is 15.6. The van der Waals surface area contributed by atoms with Gasteiger partial charge in [-0.3, -0.25) is 0 Å². The van der Waals surface area contributed by atoms with E-state index in [1.54, 1.807) is 0 Å². The Kier molecular flexibility index (Phi) is 3.75. The summed E-state index contributed by atoms with van der Waals surface area (Å²) in [6.07, 6.45) is 0. The van der Waals surface area contributed by atoms with E-state index in [1.165, 1.54) is 0 Å². The lowest BCUT2D eigenvalue weighted by Crippen LogP contribution is -2.42. The van der Waals surface area contributed by atoms with Crippen LogP contribution in [0.4, 0.5) is 4.79 Å². The molecule has 1 unspecified atom stereocenters. The summed E-state index contributed by atoms with van der Waals surface area (Å²) >= 11 is 0. The number of carbonyl (C=O) groups is 1. The fraction of sp³-hybridized carbons (Fsp3) is 0.900. The lowest BCUT2D eigenvalue weighted by atomic mass is 10.2. The second-order valence-electron chi connectivity index (χ2n) is 4.40. The minimum absolute atomic E-state index is 0.150. The molecule has 1 saturated heterocycles. The van der Waals surface area contributed by atoms with Crippen molar-refractivity contribution >= 4 is 6.03 Å². The van der Waals surface area contributed by atoms with Crippen LogP contribution in [0, 0.1) is 5.92 Å². The highest BCUT2D eigenvalue weighted by atomic mass is 16.2. The summed E-state index contributed by atoms with van der Waals surface area (Å²) in [6, 6.07) is 0.316. The molecule has 0 bridgehead atoms. The fourth-order valence-electron chi connectivity index (χ4n) is 1.75. The molecule has 0 spiro atoms. The van der Waals surface area contributed by atoms with Crippen LogP contribution in [0.15, 0.2) is 0 Å². The molecule has 0 radical (unpaired) electrons. The third-order valence-corrected chi connectivity index (χ3v) is 2.59. The molecule has 0 aliphatic carbocycles. The number of amides is 2. The Morgan fingerprint density at radius 1 is 1.36 bits per heavy atom. The number of urea groups is 1. The second-order valence-corrected chi connectivity index (χ2v) is 4.40. The molecule has 1 fully saturated rings. The standard InChI is InChI=1S/C10H21N3O/c1-8(2)7-12-4-5-13(10(12)14)9(3)6-11/h8-9H,4-7,11H2,1-3H3. The molecule has 1 atom stereocenters. The summed E-state index contributed by atoms with van der Waals surface area (Å²) in [5, 5.41) is 0. The molecule has 0 saturated carbocycles. The van der Waals surface area contributed by atoms with E-state index in [1.807, 2.05) is 16.7 Å². The minimum atomic E-state index is 0.150. The summed E-state index contributed by atoms with van der Waals surface area (Å²) in [7, 11) is 0. The van der Waals surface area contributed by atoms with Gasteiger partial charge in [-0.1, -0.05) is 13.8 Å². The molecular weight excluding hydrogens is 178 g/mol. The van der Waals surface area contributed by atoms with Gasteiger partial charge in [-0.25, -0.2) is 4.79 Å². The van der Waals surface area contributed by atoms with Crippen molar-refractivity contribution in [2.45, 2.75) is 26.8 Å². The SMILES string of the molecule is CC(C)CN1CCN(C(C)CN)C1=O. The number of hydrogen-bond donors (Lipinski definition) is 1. The van der Waals surface area contributed by atoms with Crippen LogP contribution in [0.2, 0.25) is 0 Å². The smallest absolute Gasteiger partial charge is 0.320 e. The number of hydrogen-bond acceptors (Lipinski definition) is 2. The number of rotatable bonds is 4. The van der Waals surface area contributed by atoms with Crippen molar-refractivity contribution in [1.82, 2.24) is 9.80 Å². The molecule has 0 aromatic heterocycles. The first kappa shape index (κ1) is 11.3. The minimum Gasteiger partial charge on any atom is -0.328 e. The van der Waals surface area contributed by atoms with Crippen molar-refractivity contribution in [2.75, 3.05) is 26.2 Å². The maximum atomic E-state index is 11.8. The highest BCUT2D eigenvalue weighted by Gasteiger charge is 2.30. The summed E-state index contributed by atoms with van der Waals surface area (Å²) < 4.78 is 0. The zero-order chi connectivity index (χ0) is 10.7. The van der Waals surface area contributed by atoms with E-state index in [2.05, 4.69) is 13.8 Å². The van der Waals surface area contributed by atoms with E-state index in [9.17, 15) is 4.79 Å². The number of nitrogens with two attached hydrogens (primary N) is 1. The molecule has 2 amide bonds. The van der Waals surface area contributed by atoms with E-state index in [-0.39, 0.29) is 12.1 Å². The fourth-order valence-corrected chi connectivity index (χ4v) is 1.75. The van der Waals surface area contributed by atoms with Crippen LogP contribution in [0.25, 0.3) is 0 Å². The van der Waals surface area contributed by atoms with E-state index in [4.69, 9.17) is 5.73 Å². The predicted molar refractivity (Wildman–Crippen MR) is 57.0 cm³/mol. The van der Waals surface area contributed by atoms with Gasteiger partial charge in [0.15, 0.2) is 0 Å². The van der Waals surface area contributed by atoms with Crippen LogP contribution >= 0.6 is 0 Å². The van der Waals surface area contributed by atoms with Crippen LogP contribution in [0.3, 0.4) is 0 Å². The molecule has 82 valence electrons. The third kappa shape index (κ3) is 2.38. The molecule has 14 heavy (non-hydrogen) atoms. The first-order chi connectivity index (χ1) is 6.56. The molecule has 4 nitrogen and oxygen atoms in total. The van der Waals surface area contributed by atoms with Gasteiger partial charge in [0.25, 0.3) is 0 Å². The molecule has 4 heteroatoms. The Morgan fingerprint density at radius 3 is 2.50 bits per heavy atom. The van der Waals surface area contributed by atoms with Gasteiger partial charge in [-0.05, 0) is 12.8 Å². The van der Waals surface area contributed by atoms with Crippen LogP contribution < -0.4 is 5.73 Å². The van der Waals surface area contributed by atoms with Crippen molar-refractivity contribution in [3.63, 3.8) is 0 Å². The zero-order valence-electron chi connectivity index (χ0n) is 9.36. The largest absolute Gasteiger partial charge is 0.328 e. The van der Waals surface area contributed by atoms with Crippen LogP contribution in [0.5, 0.6) is 0 Å². The van der Waals surface area contributed by atoms with Gasteiger partial charge in [-0.2, -0.15) is 0 Å². The normalized spacial score (nSPS) is 19.6. The van der Waals surface area contributed by atoms with Gasteiger partial charge in [0.05, 0.1) is 0 Å². The summed E-state index contributed by atoms with van der Waals surface area (Å²) in [5.74, 6) is 0.534. The molecule has 0 aromatic rings. The lowest BCUT2D eigenvalue weighted by molar-refractivity contribution is 0.177. The van der Waals surface area contributed by atoms with E-state index < -0.39 is 0 Å². The Labute approximate surface area is 86.0 Å². The first-order valence-corrected chi connectivity index (χ1v) is 5.32. The monoisotopic (exact) mass is 199 g/mol. The van der Waals surface area contributed by atoms with Gasteiger partial charge in [0, 0.05) is 32.2 Å². The molecule has 1 rings (SSSR count). The van der Waals surface area contributed by atoms with Gasteiger partial charge < -0.3 is 15.5 Å². The second kappa shape index (κ2) is 4.64. The lowest BCUT2D eigenvalue weighted by Gasteiger charge is -2.24. The van der Waals surface area contributed by atoms with Gasteiger partial charge in [0.1, 0.15) is 0 Å². The van der Waals surface area contributed by atoms with Crippen LogP contribution in [-0.2, 0) is 0 Å². The van der Waals surface area contributed by atoms with Crippen molar-refractivity contribution in [2.24, 2.45) is 11.7 Å². The molecule has 1 heterocycles. The Balaban J connectivity index is 2.51. The van der Waals surface area contributed by atoms with E-state index in [0.29, 0.717) is 12.5 Å². The molecular formula is C10H21N3O. The third-order valence-electron chi connectivity index (χ3n) is 2.59. The molecule has 0 aromatic carbocycles. The van der Waals surface area contributed by atoms with Crippen molar-refractivity contribution in [3.05, 3.63) is 0 Å². The zero-order valence-corrected chi connectivity index (χ0v) is 9.36. The van der Waals surface area contributed by atoms with Crippen LogP contribution in [0.1, 0.15) is 20.8 Å². The van der Waals surface area contributed by atoms with Crippen molar-refractivity contribution in [3.8, 4) is 0 Å². The average molecular weight is 199 g/mol. The van der Waals surface area contributed by atoms with Gasteiger partial charge in [-0.15, -0.1) is 0 Å². The van der Waals surface area contributed by atoms with Crippen molar-refractivity contribution in [1.29, 1.82) is 0 Å². The molecule has 1 aliphatic rings. The summed E-state index contributed by atoms with van der Waals surface area (Å²) in [6.45, 7) is 9.32. The molecule has 1 aliphatic heterocycles. The predicted octanol–water partition coefficient (Wildman–Crippen LogP) is 0.727. The topological polar surface area (TPSA) is 49.6 Å².